The quantitative estimate of drug-likeness (QED) is 0.670. The van der Waals surface area contributed by atoms with Crippen LogP contribution in [0, 0.1) is 0 Å². The number of hydrogen-bond acceptors (Lipinski definition) is 4. The van der Waals surface area contributed by atoms with E-state index in [2.05, 4.69) is 10.2 Å². The second-order valence-corrected chi connectivity index (χ2v) is 4.77. The molecule has 6 heteroatoms. The van der Waals surface area contributed by atoms with Crippen molar-refractivity contribution >= 4 is 5.91 Å². The minimum Gasteiger partial charge on any atom is -0.338 e. The van der Waals surface area contributed by atoms with Crippen LogP contribution in [0.15, 0.2) is 0 Å². The van der Waals surface area contributed by atoms with Crippen LogP contribution in [0.2, 0.25) is 0 Å². The molecule has 3 unspecified atom stereocenters. The third kappa shape index (κ3) is 2.94. The van der Waals surface area contributed by atoms with Crippen LogP contribution < -0.4 is 11.2 Å². The van der Waals surface area contributed by atoms with E-state index in [4.69, 9.17) is 5.90 Å². The summed E-state index contributed by atoms with van der Waals surface area (Å²) in [6.45, 7) is 1.50. The molecule has 0 aromatic carbocycles. The molecule has 2 saturated heterocycles. The molecule has 2 fully saturated rings. The number of carbonyl (C=O) groups excluding carboxylic acids is 1. The van der Waals surface area contributed by atoms with Crippen molar-refractivity contribution in [2.75, 3.05) is 19.6 Å². The van der Waals surface area contributed by atoms with E-state index in [9.17, 15) is 9.18 Å². The second-order valence-electron chi connectivity index (χ2n) is 4.77. The van der Waals surface area contributed by atoms with Gasteiger partial charge >= 0.3 is 0 Å². The first-order valence-electron chi connectivity index (χ1n) is 6.24. The van der Waals surface area contributed by atoms with Crippen LogP contribution in [0.4, 0.5) is 4.39 Å². The number of nitrogens with zero attached hydrogens (tertiary/aromatic N) is 1. The Hall–Kier alpha value is -0.720. The Bertz CT molecular complexity index is 271. The van der Waals surface area contributed by atoms with Gasteiger partial charge in [-0.25, -0.2) is 10.3 Å². The lowest BCUT2D eigenvalue weighted by atomic mass is 10.0. The molecular formula is C11H20FN3O2. The topological polar surface area (TPSA) is 67.6 Å². The molecule has 0 saturated carbocycles. The van der Waals surface area contributed by atoms with Gasteiger partial charge in [-0.15, -0.1) is 0 Å². The average molecular weight is 245 g/mol. The highest BCUT2D eigenvalue weighted by Crippen LogP contribution is 2.18. The third-order valence-corrected chi connectivity index (χ3v) is 3.58. The van der Waals surface area contributed by atoms with Crippen molar-refractivity contribution in [3.8, 4) is 0 Å². The van der Waals surface area contributed by atoms with Crippen LogP contribution >= 0.6 is 0 Å². The standard InChI is InChI=1S/C11H20FN3O2/c12-8-7-15(6-4-10(8)17-13)11(16)9-3-1-2-5-14-9/h8-10,14H,1-7,13H2. The highest BCUT2D eigenvalue weighted by molar-refractivity contribution is 5.82. The first kappa shape index (κ1) is 12.7. The number of hydrogen-bond donors (Lipinski definition) is 2. The number of halogens is 1. The molecule has 2 rings (SSSR count). The molecule has 2 aliphatic rings. The fourth-order valence-electron chi connectivity index (χ4n) is 2.52. The monoisotopic (exact) mass is 245 g/mol. The Morgan fingerprint density at radius 3 is 2.82 bits per heavy atom. The van der Waals surface area contributed by atoms with Crippen LogP contribution in [-0.4, -0.2) is 48.8 Å². The van der Waals surface area contributed by atoms with E-state index in [0.717, 1.165) is 25.8 Å². The van der Waals surface area contributed by atoms with Gasteiger partial charge in [-0.1, -0.05) is 6.42 Å². The molecule has 2 heterocycles. The van der Waals surface area contributed by atoms with Crippen LogP contribution in [0.1, 0.15) is 25.7 Å². The van der Waals surface area contributed by atoms with Crippen molar-refractivity contribution < 1.29 is 14.0 Å². The molecule has 1 amide bonds. The number of piperidine rings is 2. The molecule has 3 N–H and O–H groups in total. The Balaban J connectivity index is 1.87. The lowest BCUT2D eigenvalue weighted by molar-refractivity contribution is -0.140. The largest absolute Gasteiger partial charge is 0.338 e. The number of rotatable bonds is 2. The smallest absolute Gasteiger partial charge is 0.239 e. The van der Waals surface area contributed by atoms with E-state index in [1.807, 2.05) is 0 Å². The fourth-order valence-corrected chi connectivity index (χ4v) is 2.52. The van der Waals surface area contributed by atoms with Gasteiger partial charge in [0, 0.05) is 6.54 Å². The number of alkyl halides is 1. The van der Waals surface area contributed by atoms with Crippen molar-refractivity contribution in [3.63, 3.8) is 0 Å². The molecule has 98 valence electrons. The summed E-state index contributed by atoms with van der Waals surface area (Å²) in [5.74, 6) is 5.02. The lowest BCUT2D eigenvalue weighted by Crippen LogP contribution is -2.55. The molecule has 2 aliphatic heterocycles. The van der Waals surface area contributed by atoms with Gasteiger partial charge in [0.15, 0.2) is 0 Å². The van der Waals surface area contributed by atoms with Gasteiger partial charge in [-0.3, -0.25) is 9.63 Å². The van der Waals surface area contributed by atoms with Gasteiger partial charge in [-0.05, 0) is 25.8 Å². The minimum absolute atomic E-state index is 0.0165. The average Bonchev–Trinajstić information content (AvgIpc) is 2.39. The number of carbonyl (C=O) groups is 1. The third-order valence-electron chi connectivity index (χ3n) is 3.58. The summed E-state index contributed by atoms with van der Waals surface area (Å²) >= 11 is 0. The van der Waals surface area contributed by atoms with Crippen molar-refractivity contribution in [2.24, 2.45) is 5.90 Å². The predicted octanol–water partition coefficient (Wildman–Crippen LogP) is -0.0422. The molecule has 0 radical (unpaired) electrons. The van der Waals surface area contributed by atoms with Crippen LogP contribution in [0.3, 0.4) is 0 Å². The number of amides is 1. The number of nitrogens with two attached hydrogens (primary N) is 1. The predicted molar refractivity (Wildman–Crippen MR) is 60.8 cm³/mol. The summed E-state index contributed by atoms with van der Waals surface area (Å²) in [6.07, 6.45) is 1.74. The summed E-state index contributed by atoms with van der Waals surface area (Å²) in [5.41, 5.74) is 0. The van der Waals surface area contributed by atoms with E-state index < -0.39 is 12.3 Å². The molecule has 5 nitrogen and oxygen atoms in total. The summed E-state index contributed by atoms with van der Waals surface area (Å²) in [7, 11) is 0. The van der Waals surface area contributed by atoms with Gasteiger partial charge in [0.05, 0.1) is 12.6 Å². The van der Waals surface area contributed by atoms with Gasteiger partial charge in [0.25, 0.3) is 0 Å². The molecular weight excluding hydrogens is 225 g/mol. The number of nitrogens with one attached hydrogen (secondary N) is 1. The van der Waals surface area contributed by atoms with E-state index in [0.29, 0.717) is 13.0 Å². The normalized spacial score (nSPS) is 34.7. The fraction of sp³-hybridized carbons (Fsp3) is 0.909. The molecule has 17 heavy (non-hydrogen) atoms. The maximum atomic E-state index is 13.6. The zero-order valence-corrected chi connectivity index (χ0v) is 9.90. The van der Waals surface area contributed by atoms with Crippen molar-refractivity contribution in [3.05, 3.63) is 0 Å². The van der Waals surface area contributed by atoms with Crippen molar-refractivity contribution in [2.45, 2.75) is 44.0 Å². The number of likely N-dealkylation sites (tertiary alicyclic amines) is 1. The lowest BCUT2D eigenvalue weighted by Gasteiger charge is -2.36. The van der Waals surface area contributed by atoms with Crippen LogP contribution in [0.25, 0.3) is 0 Å². The summed E-state index contributed by atoms with van der Waals surface area (Å²) in [5, 5.41) is 3.19. The first-order valence-corrected chi connectivity index (χ1v) is 6.24. The molecule has 0 spiro atoms. The van der Waals surface area contributed by atoms with Crippen LogP contribution in [-0.2, 0) is 9.63 Å². The zero-order valence-electron chi connectivity index (χ0n) is 9.90. The summed E-state index contributed by atoms with van der Waals surface area (Å²) in [6, 6.07) is -0.133. The molecule has 0 aromatic heterocycles. The summed E-state index contributed by atoms with van der Waals surface area (Å²) in [4.78, 5) is 18.3. The zero-order chi connectivity index (χ0) is 12.3. The maximum Gasteiger partial charge on any atom is 0.239 e. The van der Waals surface area contributed by atoms with E-state index in [1.165, 1.54) is 0 Å². The Morgan fingerprint density at radius 1 is 1.41 bits per heavy atom. The highest BCUT2D eigenvalue weighted by Gasteiger charge is 2.34. The van der Waals surface area contributed by atoms with Gasteiger partial charge < -0.3 is 10.2 Å². The van der Waals surface area contributed by atoms with Gasteiger partial charge in [0.2, 0.25) is 5.91 Å². The van der Waals surface area contributed by atoms with Crippen LogP contribution in [0.5, 0.6) is 0 Å². The van der Waals surface area contributed by atoms with E-state index >= 15 is 0 Å². The minimum atomic E-state index is -1.18. The molecule has 0 aromatic rings. The highest BCUT2D eigenvalue weighted by atomic mass is 19.1. The Labute approximate surface area is 100 Å². The SMILES string of the molecule is NOC1CCN(C(=O)C2CCCCN2)CC1F. The molecule has 0 aliphatic carbocycles. The Morgan fingerprint density at radius 2 is 2.24 bits per heavy atom. The summed E-state index contributed by atoms with van der Waals surface area (Å²) < 4.78 is 13.6. The Kier molecular flexibility index (Phi) is 4.31. The van der Waals surface area contributed by atoms with Gasteiger partial charge in [-0.2, -0.15) is 0 Å². The first-order chi connectivity index (χ1) is 8.22. The van der Waals surface area contributed by atoms with E-state index in [-0.39, 0.29) is 18.5 Å². The second kappa shape index (κ2) is 5.75. The van der Waals surface area contributed by atoms with Gasteiger partial charge in [0.1, 0.15) is 12.3 Å². The van der Waals surface area contributed by atoms with E-state index in [1.54, 1.807) is 4.90 Å². The molecule has 3 atom stereocenters. The maximum absolute atomic E-state index is 13.6. The van der Waals surface area contributed by atoms with Crippen molar-refractivity contribution in [1.82, 2.24) is 10.2 Å². The van der Waals surface area contributed by atoms with Crippen molar-refractivity contribution in [1.29, 1.82) is 0 Å². The molecule has 0 bridgehead atoms.